The van der Waals surface area contributed by atoms with Gasteiger partial charge in [-0.2, -0.15) is 0 Å². The van der Waals surface area contributed by atoms with Crippen molar-refractivity contribution in [1.82, 2.24) is 10.3 Å². The van der Waals surface area contributed by atoms with Crippen LogP contribution in [0.1, 0.15) is 16.2 Å². The topological polar surface area (TPSA) is 38.1 Å². The van der Waals surface area contributed by atoms with E-state index < -0.39 is 0 Å². The zero-order valence-electron chi connectivity index (χ0n) is 7.99. The smallest absolute Gasteiger partial charge is 0.180 e. The molecule has 3 nitrogen and oxygen atoms in total. The van der Waals surface area contributed by atoms with Gasteiger partial charge in [0.2, 0.25) is 0 Å². The molecule has 0 radical (unpaired) electrons. The summed E-state index contributed by atoms with van der Waals surface area (Å²) in [5.74, 6) is 0.874. The largest absolute Gasteiger partial charge is 0.447 e. The lowest BCUT2D eigenvalue weighted by Crippen LogP contribution is -2.11. The van der Waals surface area contributed by atoms with Crippen LogP contribution in [-0.4, -0.2) is 4.98 Å². The summed E-state index contributed by atoms with van der Waals surface area (Å²) in [6, 6.07) is 2.14. The maximum atomic E-state index is 5.11. The molecule has 0 amide bonds. The van der Waals surface area contributed by atoms with E-state index in [2.05, 4.69) is 28.7 Å². The molecule has 0 atom stereocenters. The number of aryl methyl sites for hydroxylation is 1. The van der Waals surface area contributed by atoms with Gasteiger partial charge in [-0.3, -0.25) is 0 Å². The Morgan fingerprint density at radius 3 is 3.07 bits per heavy atom. The molecule has 2 rings (SSSR count). The van der Waals surface area contributed by atoms with Crippen molar-refractivity contribution in [2.24, 2.45) is 0 Å². The Morgan fingerprint density at radius 1 is 1.50 bits per heavy atom. The minimum Gasteiger partial charge on any atom is -0.447 e. The predicted molar refractivity (Wildman–Crippen MR) is 56.1 cm³/mol. The molecule has 0 aliphatic heterocycles. The molecule has 14 heavy (non-hydrogen) atoms. The fraction of sp³-hybridized carbons (Fsp3) is 0.300. The van der Waals surface area contributed by atoms with Crippen LogP contribution in [0, 0.1) is 6.92 Å². The third-order valence-corrected chi connectivity index (χ3v) is 3.06. The molecule has 2 aromatic rings. The summed E-state index contributed by atoms with van der Waals surface area (Å²) in [5, 5.41) is 5.42. The van der Waals surface area contributed by atoms with Gasteiger partial charge in [0, 0.05) is 11.4 Å². The first-order valence-corrected chi connectivity index (χ1v) is 5.35. The van der Waals surface area contributed by atoms with Gasteiger partial charge in [0.15, 0.2) is 6.39 Å². The van der Waals surface area contributed by atoms with Crippen LogP contribution in [-0.2, 0) is 13.1 Å². The fourth-order valence-electron chi connectivity index (χ4n) is 1.21. The summed E-state index contributed by atoms with van der Waals surface area (Å²) in [4.78, 5) is 5.23. The van der Waals surface area contributed by atoms with Crippen molar-refractivity contribution in [2.45, 2.75) is 20.0 Å². The predicted octanol–water partition coefficient (Wildman–Crippen LogP) is 2.33. The molecule has 0 fully saturated rings. The molecule has 0 aliphatic rings. The summed E-state index contributed by atoms with van der Waals surface area (Å²) < 4.78 is 5.11. The van der Waals surface area contributed by atoms with Gasteiger partial charge in [-0.25, -0.2) is 4.98 Å². The van der Waals surface area contributed by atoms with Crippen molar-refractivity contribution in [3.8, 4) is 0 Å². The first-order chi connectivity index (χ1) is 6.86. The first-order valence-electron chi connectivity index (χ1n) is 4.47. The zero-order chi connectivity index (χ0) is 9.80. The van der Waals surface area contributed by atoms with Crippen LogP contribution in [0.4, 0.5) is 0 Å². The Hall–Kier alpha value is -1.13. The molecule has 0 aromatic carbocycles. The highest BCUT2D eigenvalue weighted by Crippen LogP contribution is 2.14. The minimum absolute atomic E-state index is 0.733. The van der Waals surface area contributed by atoms with Crippen LogP contribution < -0.4 is 5.32 Å². The summed E-state index contributed by atoms with van der Waals surface area (Å²) >= 11 is 1.78. The first kappa shape index (κ1) is 9.43. The Labute approximate surface area is 86.8 Å². The average Bonchev–Trinajstić information content (AvgIpc) is 2.78. The lowest BCUT2D eigenvalue weighted by atomic mass is 10.3. The van der Waals surface area contributed by atoms with E-state index in [1.807, 2.05) is 0 Å². The molecule has 0 saturated heterocycles. The van der Waals surface area contributed by atoms with Crippen molar-refractivity contribution >= 4 is 11.3 Å². The fourth-order valence-corrected chi connectivity index (χ4v) is 2.09. The minimum atomic E-state index is 0.733. The Kier molecular flexibility index (Phi) is 2.96. The highest BCUT2D eigenvalue weighted by Gasteiger charge is 2.00. The van der Waals surface area contributed by atoms with Crippen LogP contribution in [0.25, 0.3) is 0 Å². The number of thiophene rings is 1. The SMILES string of the molecule is Cc1ccsc1CNCc1cnco1. The van der Waals surface area contributed by atoms with Gasteiger partial charge in [0.05, 0.1) is 12.7 Å². The van der Waals surface area contributed by atoms with E-state index in [1.165, 1.54) is 16.8 Å². The van der Waals surface area contributed by atoms with Gasteiger partial charge in [-0.15, -0.1) is 11.3 Å². The van der Waals surface area contributed by atoms with E-state index in [-0.39, 0.29) is 0 Å². The molecule has 0 spiro atoms. The molecule has 2 aromatic heterocycles. The van der Waals surface area contributed by atoms with E-state index in [0.29, 0.717) is 0 Å². The van der Waals surface area contributed by atoms with Gasteiger partial charge in [0.25, 0.3) is 0 Å². The monoisotopic (exact) mass is 208 g/mol. The molecular formula is C10H12N2OS. The van der Waals surface area contributed by atoms with Crippen molar-refractivity contribution in [1.29, 1.82) is 0 Å². The van der Waals surface area contributed by atoms with E-state index in [9.17, 15) is 0 Å². The molecule has 2 heterocycles. The maximum absolute atomic E-state index is 5.11. The normalized spacial score (nSPS) is 10.6. The van der Waals surface area contributed by atoms with Crippen molar-refractivity contribution in [3.05, 3.63) is 40.2 Å². The Bertz CT molecular complexity index is 380. The van der Waals surface area contributed by atoms with Gasteiger partial charge in [-0.05, 0) is 23.9 Å². The van der Waals surface area contributed by atoms with E-state index in [0.717, 1.165) is 18.8 Å². The number of nitrogens with zero attached hydrogens (tertiary/aromatic N) is 1. The molecule has 4 heteroatoms. The standard InChI is InChI=1S/C10H12N2OS/c1-8-2-3-14-10(8)6-11-4-9-5-12-7-13-9/h2-3,5,7,11H,4,6H2,1H3. The summed E-state index contributed by atoms with van der Waals surface area (Å²) in [7, 11) is 0. The summed E-state index contributed by atoms with van der Waals surface area (Å²) in [6.45, 7) is 3.75. The second-order valence-electron chi connectivity index (χ2n) is 3.10. The summed E-state index contributed by atoms with van der Waals surface area (Å²) in [5.41, 5.74) is 1.35. The number of nitrogens with one attached hydrogen (secondary N) is 1. The van der Waals surface area contributed by atoms with E-state index in [1.54, 1.807) is 17.5 Å². The van der Waals surface area contributed by atoms with Gasteiger partial charge < -0.3 is 9.73 Å². The van der Waals surface area contributed by atoms with Crippen molar-refractivity contribution < 1.29 is 4.42 Å². The number of hydrogen-bond donors (Lipinski definition) is 1. The van der Waals surface area contributed by atoms with Crippen molar-refractivity contribution in [3.63, 3.8) is 0 Å². The lowest BCUT2D eigenvalue weighted by Gasteiger charge is -2.00. The number of rotatable bonds is 4. The quantitative estimate of drug-likeness (QED) is 0.838. The van der Waals surface area contributed by atoms with Crippen LogP contribution in [0.15, 0.2) is 28.5 Å². The Balaban J connectivity index is 1.81. The highest BCUT2D eigenvalue weighted by molar-refractivity contribution is 7.10. The van der Waals surface area contributed by atoms with E-state index in [4.69, 9.17) is 4.42 Å². The van der Waals surface area contributed by atoms with Gasteiger partial charge in [0.1, 0.15) is 5.76 Å². The molecule has 0 aliphatic carbocycles. The van der Waals surface area contributed by atoms with Crippen molar-refractivity contribution in [2.75, 3.05) is 0 Å². The second kappa shape index (κ2) is 4.39. The van der Waals surface area contributed by atoms with Crippen LogP contribution in [0.3, 0.4) is 0 Å². The number of aromatic nitrogens is 1. The molecule has 0 saturated carbocycles. The highest BCUT2D eigenvalue weighted by atomic mass is 32.1. The third-order valence-electron chi connectivity index (χ3n) is 2.04. The zero-order valence-corrected chi connectivity index (χ0v) is 8.80. The molecular weight excluding hydrogens is 196 g/mol. The third kappa shape index (κ3) is 2.21. The molecule has 0 bridgehead atoms. The van der Waals surface area contributed by atoms with Gasteiger partial charge in [-0.1, -0.05) is 0 Å². The van der Waals surface area contributed by atoms with Crippen LogP contribution in [0.5, 0.6) is 0 Å². The van der Waals surface area contributed by atoms with E-state index >= 15 is 0 Å². The van der Waals surface area contributed by atoms with Crippen LogP contribution in [0.2, 0.25) is 0 Å². The molecule has 74 valence electrons. The summed E-state index contributed by atoms with van der Waals surface area (Å²) in [6.07, 6.45) is 3.18. The average molecular weight is 208 g/mol. The second-order valence-corrected chi connectivity index (χ2v) is 4.10. The van der Waals surface area contributed by atoms with Crippen LogP contribution >= 0.6 is 11.3 Å². The lowest BCUT2D eigenvalue weighted by molar-refractivity contribution is 0.479. The maximum Gasteiger partial charge on any atom is 0.180 e. The number of hydrogen-bond acceptors (Lipinski definition) is 4. The van der Waals surface area contributed by atoms with Gasteiger partial charge >= 0.3 is 0 Å². The molecule has 1 N–H and O–H groups in total. The number of oxazole rings is 1. The molecule has 0 unspecified atom stereocenters. The Morgan fingerprint density at radius 2 is 2.43 bits per heavy atom.